The predicted molar refractivity (Wildman–Crippen MR) is 86.5 cm³/mol. The molecule has 0 saturated carbocycles. The molecule has 2 heterocycles. The minimum Gasteiger partial charge on any atom is -0.360 e. The number of carbonyl (C=O) groups excluding carboxylic acids is 1. The molecular formula is C12H15BrN4OS2. The molecule has 1 amide bonds. The smallest absolute Gasteiger partial charge is 0.284 e. The number of anilines is 1. The third-order valence-electron chi connectivity index (χ3n) is 2.50. The quantitative estimate of drug-likeness (QED) is 0.840. The van der Waals surface area contributed by atoms with Gasteiger partial charge in [-0.15, -0.1) is 21.5 Å². The number of nitrogens with one attached hydrogen (secondary N) is 1. The number of rotatable bonds is 6. The summed E-state index contributed by atoms with van der Waals surface area (Å²) in [4.78, 5) is 15.0. The summed E-state index contributed by atoms with van der Waals surface area (Å²) in [5.74, 6) is -0.100. The van der Waals surface area contributed by atoms with E-state index in [1.807, 2.05) is 11.4 Å². The molecular weight excluding hydrogens is 360 g/mol. The van der Waals surface area contributed by atoms with Crippen molar-refractivity contribution < 1.29 is 4.79 Å². The number of halogens is 1. The van der Waals surface area contributed by atoms with Crippen LogP contribution in [-0.4, -0.2) is 34.6 Å². The van der Waals surface area contributed by atoms with Gasteiger partial charge in [0.15, 0.2) is 0 Å². The summed E-state index contributed by atoms with van der Waals surface area (Å²) in [5.41, 5.74) is 0. The van der Waals surface area contributed by atoms with Gasteiger partial charge in [0.1, 0.15) is 0 Å². The SMILES string of the molecule is CCCNc1nnc(C(=O)N(C)Cc2cc(Br)cs2)s1. The lowest BCUT2D eigenvalue weighted by Gasteiger charge is -2.13. The zero-order chi connectivity index (χ0) is 14.5. The van der Waals surface area contributed by atoms with E-state index in [0.29, 0.717) is 16.7 Å². The van der Waals surface area contributed by atoms with Crippen LogP contribution in [0.15, 0.2) is 15.9 Å². The maximum absolute atomic E-state index is 12.2. The first-order valence-electron chi connectivity index (χ1n) is 6.16. The summed E-state index contributed by atoms with van der Waals surface area (Å²) < 4.78 is 1.04. The van der Waals surface area contributed by atoms with Gasteiger partial charge in [-0.2, -0.15) is 0 Å². The summed E-state index contributed by atoms with van der Waals surface area (Å²) in [6, 6.07) is 2.02. The van der Waals surface area contributed by atoms with Crippen molar-refractivity contribution in [2.75, 3.05) is 18.9 Å². The second-order valence-electron chi connectivity index (χ2n) is 4.23. The Morgan fingerprint density at radius 1 is 1.50 bits per heavy atom. The van der Waals surface area contributed by atoms with E-state index in [2.05, 4.69) is 38.4 Å². The molecule has 108 valence electrons. The average Bonchev–Trinajstić information content (AvgIpc) is 3.04. The van der Waals surface area contributed by atoms with E-state index in [4.69, 9.17) is 0 Å². The van der Waals surface area contributed by atoms with Gasteiger partial charge in [0, 0.05) is 28.3 Å². The van der Waals surface area contributed by atoms with Crippen molar-refractivity contribution in [1.82, 2.24) is 15.1 Å². The Balaban J connectivity index is 1.97. The van der Waals surface area contributed by atoms with E-state index in [1.165, 1.54) is 11.3 Å². The average molecular weight is 375 g/mol. The second-order valence-corrected chi connectivity index (χ2v) is 7.12. The maximum atomic E-state index is 12.2. The van der Waals surface area contributed by atoms with E-state index >= 15 is 0 Å². The minimum atomic E-state index is -0.100. The molecule has 0 spiro atoms. The normalized spacial score (nSPS) is 10.6. The molecule has 20 heavy (non-hydrogen) atoms. The molecule has 1 N–H and O–H groups in total. The molecule has 0 atom stereocenters. The Hall–Kier alpha value is -0.990. The fourth-order valence-electron chi connectivity index (χ4n) is 1.52. The molecule has 0 aliphatic carbocycles. The van der Waals surface area contributed by atoms with Gasteiger partial charge >= 0.3 is 0 Å². The number of carbonyl (C=O) groups is 1. The number of amides is 1. The van der Waals surface area contributed by atoms with Gasteiger partial charge in [-0.1, -0.05) is 18.3 Å². The molecule has 0 unspecified atom stereocenters. The van der Waals surface area contributed by atoms with Crippen molar-refractivity contribution in [1.29, 1.82) is 0 Å². The van der Waals surface area contributed by atoms with Crippen molar-refractivity contribution in [3.63, 3.8) is 0 Å². The minimum absolute atomic E-state index is 0.100. The van der Waals surface area contributed by atoms with Gasteiger partial charge in [0.05, 0.1) is 6.54 Å². The van der Waals surface area contributed by atoms with E-state index in [1.54, 1.807) is 23.3 Å². The van der Waals surface area contributed by atoms with Crippen molar-refractivity contribution in [3.05, 3.63) is 25.8 Å². The van der Waals surface area contributed by atoms with Crippen LogP contribution in [0.25, 0.3) is 0 Å². The molecule has 0 radical (unpaired) electrons. The van der Waals surface area contributed by atoms with Gasteiger partial charge < -0.3 is 10.2 Å². The summed E-state index contributed by atoms with van der Waals surface area (Å²) >= 11 is 6.33. The topological polar surface area (TPSA) is 58.1 Å². The molecule has 5 nitrogen and oxygen atoms in total. The molecule has 2 aromatic heterocycles. The molecule has 0 aromatic carbocycles. The van der Waals surface area contributed by atoms with E-state index in [-0.39, 0.29) is 5.91 Å². The number of hydrogen-bond donors (Lipinski definition) is 1. The van der Waals surface area contributed by atoms with E-state index in [0.717, 1.165) is 22.3 Å². The molecule has 0 aliphatic heterocycles. The van der Waals surface area contributed by atoms with Crippen LogP contribution in [0.5, 0.6) is 0 Å². The van der Waals surface area contributed by atoms with Crippen LogP contribution in [0, 0.1) is 0 Å². The standard InChI is InChI=1S/C12H15BrN4OS2/c1-3-4-14-12-16-15-10(20-12)11(18)17(2)6-9-5-8(13)7-19-9/h5,7H,3-4,6H2,1-2H3,(H,14,16). The first-order chi connectivity index (χ1) is 9.60. The van der Waals surface area contributed by atoms with Crippen LogP contribution < -0.4 is 5.32 Å². The number of hydrogen-bond acceptors (Lipinski definition) is 6. The molecule has 0 saturated heterocycles. The van der Waals surface area contributed by atoms with Crippen molar-refractivity contribution in [2.45, 2.75) is 19.9 Å². The lowest BCUT2D eigenvalue weighted by Crippen LogP contribution is -2.25. The van der Waals surface area contributed by atoms with Crippen LogP contribution in [-0.2, 0) is 6.54 Å². The van der Waals surface area contributed by atoms with E-state index in [9.17, 15) is 4.79 Å². The lowest BCUT2D eigenvalue weighted by molar-refractivity contribution is 0.0785. The highest BCUT2D eigenvalue weighted by molar-refractivity contribution is 9.10. The highest BCUT2D eigenvalue weighted by Gasteiger charge is 2.17. The van der Waals surface area contributed by atoms with Crippen LogP contribution in [0.4, 0.5) is 5.13 Å². The largest absolute Gasteiger partial charge is 0.360 e. The first kappa shape index (κ1) is 15.4. The number of nitrogens with zero attached hydrogens (tertiary/aromatic N) is 3. The maximum Gasteiger partial charge on any atom is 0.284 e. The highest BCUT2D eigenvalue weighted by atomic mass is 79.9. The van der Waals surface area contributed by atoms with E-state index < -0.39 is 0 Å². The fourth-order valence-corrected chi connectivity index (χ4v) is 3.79. The molecule has 0 fully saturated rings. The lowest BCUT2D eigenvalue weighted by atomic mass is 10.4. The second kappa shape index (κ2) is 7.14. The Kier molecular flexibility index (Phi) is 5.50. The summed E-state index contributed by atoms with van der Waals surface area (Å²) in [6.45, 7) is 3.49. The third-order valence-corrected chi connectivity index (χ3v) is 5.05. The molecule has 2 aromatic rings. The fraction of sp³-hybridized carbons (Fsp3) is 0.417. The zero-order valence-corrected chi connectivity index (χ0v) is 14.4. The van der Waals surface area contributed by atoms with Crippen molar-refractivity contribution in [3.8, 4) is 0 Å². The van der Waals surface area contributed by atoms with Gasteiger partial charge in [0.2, 0.25) is 10.1 Å². The molecule has 0 aliphatic rings. The summed E-state index contributed by atoms with van der Waals surface area (Å²) in [6.07, 6.45) is 1.01. The monoisotopic (exact) mass is 374 g/mol. The third kappa shape index (κ3) is 4.00. The first-order valence-corrected chi connectivity index (χ1v) is 8.64. The van der Waals surface area contributed by atoms with Gasteiger partial charge in [-0.25, -0.2) is 0 Å². The van der Waals surface area contributed by atoms with Crippen LogP contribution >= 0.6 is 38.6 Å². The Morgan fingerprint density at radius 2 is 2.30 bits per heavy atom. The van der Waals surface area contributed by atoms with Gasteiger partial charge in [-0.05, 0) is 28.4 Å². The van der Waals surface area contributed by atoms with Crippen LogP contribution in [0.2, 0.25) is 0 Å². The van der Waals surface area contributed by atoms with Crippen LogP contribution in [0.3, 0.4) is 0 Å². The Labute approximate surface area is 134 Å². The Bertz CT molecular complexity index is 584. The number of aromatic nitrogens is 2. The van der Waals surface area contributed by atoms with Crippen molar-refractivity contribution >= 4 is 49.6 Å². The number of thiophene rings is 1. The highest BCUT2D eigenvalue weighted by Crippen LogP contribution is 2.22. The molecule has 2 rings (SSSR count). The van der Waals surface area contributed by atoms with Crippen LogP contribution in [0.1, 0.15) is 28.0 Å². The predicted octanol–water partition coefficient (Wildman–Crippen LogP) is 3.46. The molecule has 8 heteroatoms. The van der Waals surface area contributed by atoms with Crippen molar-refractivity contribution in [2.24, 2.45) is 0 Å². The summed E-state index contributed by atoms with van der Waals surface area (Å²) in [5, 5.41) is 14.2. The summed E-state index contributed by atoms with van der Waals surface area (Å²) in [7, 11) is 1.77. The van der Waals surface area contributed by atoms with Gasteiger partial charge in [0.25, 0.3) is 5.91 Å². The van der Waals surface area contributed by atoms with Gasteiger partial charge in [-0.3, -0.25) is 4.79 Å². The molecule has 0 bridgehead atoms. The Morgan fingerprint density at radius 3 is 2.95 bits per heavy atom. The zero-order valence-electron chi connectivity index (χ0n) is 11.2.